The van der Waals surface area contributed by atoms with E-state index in [9.17, 15) is 4.79 Å². The van der Waals surface area contributed by atoms with Gasteiger partial charge in [0.1, 0.15) is 5.82 Å². The number of benzene rings is 3. The standard InChI is InChI=1S/C31H33N3O3/c1-3-11-23-16-17-28(29(20-23)36-2)37-19-10-9-18-33-27-15-8-7-14-26(27)32-31(33)24-21-30(35)34(22-24)25-12-5-4-6-13-25/h3-8,12-17,20,24H,1,9-11,18-19,21-22H2,2H3. The molecule has 1 aromatic heterocycles. The molecule has 5 rings (SSSR count). The molecule has 2 heterocycles. The van der Waals surface area contributed by atoms with Gasteiger partial charge in [0, 0.05) is 31.1 Å². The maximum Gasteiger partial charge on any atom is 0.227 e. The number of allylic oxidation sites excluding steroid dienone is 1. The molecule has 0 spiro atoms. The maximum absolute atomic E-state index is 12.9. The zero-order valence-corrected chi connectivity index (χ0v) is 21.3. The molecule has 1 aliphatic heterocycles. The van der Waals surface area contributed by atoms with E-state index in [1.807, 2.05) is 77.7 Å². The van der Waals surface area contributed by atoms with Crippen LogP contribution in [0.2, 0.25) is 0 Å². The highest BCUT2D eigenvalue weighted by molar-refractivity contribution is 5.96. The summed E-state index contributed by atoms with van der Waals surface area (Å²) in [6.07, 6.45) is 4.98. The monoisotopic (exact) mass is 495 g/mol. The zero-order chi connectivity index (χ0) is 25.6. The molecule has 1 saturated heterocycles. The molecule has 0 N–H and O–H groups in total. The van der Waals surface area contributed by atoms with E-state index in [0.717, 1.165) is 65.4 Å². The molecule has 6 nitrogen and oxygen atoms in total. The minimum atomic E-state index is 0.0645. The van der Waals surface area contributed by atoms with Crippen molar-refractivity contribution in [3.63, 3.8) is 0 Å². The van der Waals surface area contributed by atoms with Crippen LogP contribution in [-0.2, 0) is 17.8 Å². The summed E-state index contributed by atoms with van der Waals surface area (Å²) in [7, 11) is 1.66. The van der Waals surface area contributed by atoms with E-state index in [1.165, 1.54) is 0 Å². The van der Waals surface area contributed by atoms with Crippen LogP contribution in [0, 0.1) is 0 Å². The summed E-state index contributed by atoms with van der Waals surface area (Å²) in [5, 5.41) is 0. The number of para-hydroxylation sites is 3. The molecule has 3 aromatic carbocycles. The van der Waals surface area contributed by atoms with Crippen molar-refractivity contribution in [2.24, 2.45) is 0 Å². The lowest BCUT2D eigenvalue weighted by Gasteiger charge is -2.17. The van der Waals surface area contributed by atoms with Gasteiger partial charge in [-0.25, -0.2) is 4.98 Å². The van der Waals surface area contributed by atoms with Crippen molar-refractivity contribution in [3.8, 4) is 11.5 Å². The molecular weight excluding hydrogens is 462 g/mol. The van der Waals surface area contributed by atoms with Crippen LogP contribution in [0.25, 0.3) is 11.0 Å². The van der Waals surface area contributed by atoms with Crippen LogP contribution in [0.4, 0.5) is 5.69 Å². The summed E-state index contributed by atoms with van der Waals surface area (Å²) < 4.78 is 13.9. The lowest BCUT2D eigenvalue weighted by atomic mass is 10.1. The van der Waals surface area contributed by atoms with Gasteiger partial charge in [-0.2, -0.15) is 0 Å². The number of ether oxygens (including phenoxy) is 2. The van der Waals surface area contributed by atoms with Crippen molar-refractivity contribution >= 4 is 22.6 Å². The van der Waals surface area contributed by atoms with Gasteiger partial charge in [0.2, 0.25) is 5.91 Å². The van der Waals surface area contributed by atoms with Gasteiger partial charge in [-0.3, -0.25) is 4.79 Å². The number of hydrogen-bond donors (Lipinski definition) is 0. The number of methoxy groups -OCH3 is 1. The van der Waals surface area contributed by atoms with Crippen molar-refractivity contribution in [3.05, 3.63) is 96.8 Å². The molecule has 0 bridgehead atoms. The number of nitrogens with zero attached hydrogens (tertiary/aromatic N) is 3. The zero-order valence-electron chi connectivity index (χ0n) is 21.3. The fourth-order valence-electron chi connectivity index (χ4n) is 5.06. The predicted octanol–water partition coefficient (Wildman–Crippen LogP) is 6.15. The second-order valence-corrected chi connectivity index (χ2v) is 9.38. The van der Waals surface area contributed by atoms with Gasteiger partial charge in [0.05, 0.1) is 24.8 Å². The molecule has 0 aliphatic carbocycles. The van der Waals surface area contributed by atoms with Gasteiger partial charge in [-0.15, -0.1) is 6.58 Å². The summed E-state index contributed by atoms with van der Waals surface area (Å²) in [6.45, 7) is 5.87. The van der Waals surface area contributed by atoms with E-state index in [-0.39, 0.29) is 11.8 Å². The van der Waals surface area contributed by atoms with Crippen LogP contribution in [0.15, 0.2) is 85.5 Å². The Morgan fingerprint density at radius 1 is 1.03 bits per heavy atom. The van der Waals surface area contributed by atoms with Crippen LogP contribution < -0.4 is 14.4 Å². The Labute approximate surface area is 218 Å². The number of aromatic nitrogens is 2. The number of unbranched alkanes of at least 4 members (excludes halogenated alkanes) is 1. The number of fused-ring (bicyclic) bond motifs is 1. The lowest BCUT2D eigenvalue weighted by molar-refractivity contribution is -0.117. The van der Waals surface area contributed by atoms with Gasteiger partial charge in [0.15, 0.2) is 11.5 Å². The Balaban J connectivity index is 1.25. The number of amides is 1. The van der Waals surface area contributed by atoms with Crippen LogP contribution in [0.3, 0.4) is 0 Å². The number of imidazole rings is 1. The molecule has 37 heavy (non-hydrogen) atoms. The van der Waals surface area contributed by atoms with Gasteiger partial charge < -0.3 is 18.9 Å². The molecule has 1 atom stereocenters. The number of carbonyl (C=O) groups is 1. The Hall–Kier alpha value is -4.06. The highest BCUT2D eigenvalue weighted by Crippen LogP contribution is 2.33. The third-order valence-corrected chi connectivity index (χ3v) is 6.88. The minimum Gasteiger partial charge on any atom is -0.493 e. The van der Waals surface area contributed by atoms with Crippen molar-refractivity contribution in [2.75, 3.05) is 25.2 Å². The first-order chi connectivity index (χ1) is 18.2. The molecular formula is C31H33N3O3. The van der Waals surface area contributed by atoms with E-state index in [0.29, 0.717) is 19.6 Å². The van der Waals surface area contributed by atoms with Gasteiger partial charge in [-0.1, -0.05) is 42.5 Å². The Bertz CT molecular complexity index is 1380. The number of carbonyl (C=O) groups excluding carboxylic acids is 1. The van der Waals surface area contributed by atoms with Crippen LogP contribution in [-0.4, -0.2) is 35.7 Å². The smallest absolute Gasteiger partial charge is 0.227 e. The highest BCUT2D eigenvalue weighted by atomic mass is 16.5. The van der Waals surface area contributed by atoms with Gasteiger partial charge >= 0.3 is 0 Å². The molecule has 190 valence electrons. The summed E-state index contributed by atoms with van der Waals surface area (Å²) in [5.74, 6) is 2.71. The van der Waals surface area contributed by atoms with Crippen LogP contribution >= 0.6 is 0 Å². The highest BCUT2D eigenvalue weighted by Gasteiger charge is 2.34. The average Bonchev–Trinajstić information content (AvgIpc) is 3.50. The van der Waals surface area contributed by atoms with Crippen molar-refractivity contribution in [2.45, 2.75) is 38.1 Å². The van der Waals surface area contributed by atoms with Gasteiger partial charge in [-0.05, 0) is 61.2 Å². The van der Waals surface area contributed by atoms with E-state index < -0.39 is 0 Å². The van der Waals surface area contributed by atoms with E-state index in [4.69, 9.17) is 14.5 Å². The second-order valence-electron chi connectivity index (χ2n) is 9.38. The number of anilines is 1. The third kappa shape index (κ3) is 5.38. The Morgan fingerprint density at radius 2 is 1.84 bits per heavy atom. The SMILES string of the molecule is C=CCc1ccc(OCCCCn2c(C3CC(=O)N(c4ccccc4)C3)nc3ccccc32)c(OC)c1. The molecule has 0 radical (unpaired) electrons. The Kier molecular flexibility index (Phi) is 7.54. The summed E-state index contributed by atoms with van der Waals surface area (Å²) in [6, 6.07) is 24.1. The molecule has 1 aliphatic rings. The average molecular weight is 496 g/mol. The van der Waals surface area contributed by atoms with Crippen molar-refractivity contribution < 1.29 is 14.3 Å². The van der Waals surface area contributed by atoms with E-state index in [2.05, 4.69) is 17.2 Å². The molecule has 0 saturated carbocycles. The summed E-state index contributed by atoms with van der Waals surface area (Å²) in [5.41, 5.74) is 4.19. The van der Waals surface area contributed by atoms with Crippen LogP contribution in [0.5, 0.6) is 11.5 Å². The fourth-order valence-corrected chi connectivity index (χ4v) is 5.06. The quantitative estimate of drug-likeness (QED) is 0.185. The number of rotatable bonds is 11. The Morgan fingerprint density at radius 3 is 2.65 bits per heavy atom. The molecule has 1 fully saturated rings. The molecule has 1 amide bonds. The first-order valence-electron chi connectivity index (χ1n) is 12.9. The second kappa shape index (κ2) is 11.3. The summed E-state index contributed by atoms with van der Waals surface area (Å²) in [4.78, 5) is 19.7. The first kappa shape index (κ1) is 24.6. The largest absolute Gasteiger partial charge is 0.493 e. The van der Waals surface area contributed by atoms with Crippen LogP contribution in [0.1, 0.15) is 36.6 Å². The lowest BCUT2D eigenvalue weighted by Crippen LogP contribution is -2.24. The van der Waals surface area contributed by atoms with E-state index in [1.54, 1.807) is 7.11 Å². The predicted molar refractivity (Wildman–Crippen MR) is 148 cm³/mol. The minimum absolute atomic E-state index is 0.0645. The maximum atomic E-state index is 12.9. The molecule has 6 heteroatoms. The molecule has 4 aromatic rings. The summed E-state index contributed by atoms with van der Waals surface area (Å²) >= 11 is 0. The normalized spacial score (nSPS) is 15.3. The number of hydrogen-bond acceptors (Lipinski definition) is 4. The van der Waals surface area contributed by atoms with Crippen molar-refractivity contribution in [1.29, 1.82) is 0 Å². The molecule has 1 unspecified atom stereocenters. The fraction of sp³-hybridized carbons (Fsp3) is 0.290. The number of aryl methyl sites for hydroxylation is 1. The first-order valence-corrected chi connectivity index (χ1v) is 12.9. The van der Waals surface area contributed by atoms with Gasteiger partial charge in [0.25, 0.3) is 0 Å². The topological polar surface area (TPSA) is 56.6 Å². The van der Waals surface area contributed by atoms with Crippen molar-refractivity contribution in [1.82, 2.24) is 9.55 Å². The third-order valence-electron chi connectivity index (χ3n) is 6.88. The van der Waals surface area contributed by atoms with E-state index >= 15 is 0 Å².